The highest BCUT2D eigenvalue weighted by atomic mass is 35.5. The van der Waals surface area contributed by atoms with Gasteiger partial charge in [-0.25, -0.2) is 10.8 Å². The molecule has 3 N–H and O–H groups in total. The van der Waals surface area contributed by atoms with Crippen molar-refractivity contribution >= 4 is 28.8 Å². The summed E-state index contributed by atoms with van der Waals surface area (Å²) in [6, 6.07) is 7.48. The molecule has 0 saturated carbocycles. The Bertz CT molecular complexity index is 476. The number of hydrogen-bond acceptors (Lipinski definition) is 5. The van der Waals surface area contributed by atoms with Crippen molar-refractivity contribution in [2.24, 2.45) is 5.84 Å². The van der Waals surface area contributed by atoms with E-state index in [9.17, 15) is 0 Å². The van der Waals surface area contributed by atoms with Gasteiger partial charge in [0.15, 0.2) is 0 Å². The maximum absolute atomic E-state index is 6.01. The Morgan fingerprint density at radius 2 is 2.24 bits per heavy atom. The van der Waals surface area contributed by atoms with Gasteiger partial charge in [-0.1, -0.05) is 17.7 Å². The molecule has 0 unspecified atom stereocenters. The third-order valence-corrected chi connectivity index (χ3v) is 3.32. The quantitative estimate of drug-likeness (QED) is 0.647. The van der Waals surface area contributed by atoms with Crippen LogP contribution in [-0.2, 0) is 18.0 Å². The van der Waals surface area contributed by atoms with Crippen LogP contribution in [0.25, 0.3) is 0 Å². The van der Waals surface area contributed by atoms with Crippen molar-refractivity contribution in [2.45, 2.75) is 13.2 Å². The lowest BCUT2D eigenvalue weighted by atomic mass is 10.3. The molecule has 2 rings (SSSR count). The molecule has 2 heterocycles. The van der Waals surface area contributed by atoms with Crippen LogP contribution in [0.15, 0.2) is 29.6 Å². The Morgan fingerprint density at radius 3 is 2.94 bits per heavy atom. The minimum atomic E-state index is 0.367. The molecule has 0 amide bonds. The molecule has 0 spiro atoms. The smallest absolute Gasteiger partial charge is 0.140 e. The number of rotatable bonds is 5. The van der Waals surface area contributed by atoms with Crippen molar-refractivity contribution in [2.75, 3.05) is 5.43 Å². The second kappa shape index (κ2) is 5.97. The molecule has 17 heavy (non-hydrogen) atoms. The average Bonchev–Trinajstić information content (AvgIpc) is 2.84. The first-order valence-electron chi connectivity index (χ1n) is 5.02. The molecule has 2 aromatic rings. The molecule has 0 radical (unpaired) electrons. The minimum absolute atomic E-state index is 0.367. The van der Waals surface area contributed by atoms with Crippen molar-refractivity contribution in [1.29, 1.82) is 0 Å². The summed E-state index contributed by atoms with van der Waals surface area (Å²) in [7, 11) is 0. The molecule has 0 aliphatic rings. The first-order valence-corrected chi connectivity index (χ1v) is 6.27. The average molecular weight is 270 g/mol. The Balaban J connectivity index is 1.94. The van der Waals surface area contributed by atoms with Crippen LogP contribution < -0.4 is 11.3 Å². The van der Waals surface area contributed by atoms with Crippen LogP contribution in [0.4, 0.5) is 5.82 Å². The van der Waals surface area contributed by atoms with E-state index in [0.717, 1.165) is 0 Å². The third-order valence-electron chi connectivity index (χ3n) is 2.13. The number of ether oxygens (including phenoxy) is 1. The predicted molar refractivity (Wildman–Crippen MR) is 69.9 cm³/mol. The Morgan fingerprint density at radius 1 is 1.35 bits per heavy atom. The van der Waals surface area contributed by atoms with Crippen molar-refractivity contribution in [3.63, 3.8) is 0 Å². The maximum atomic E-state index is 6.01. The van der Waals surface area contributed by atoms with Gasteiger partial charge in [0.1, 0.15) is 5.82 Å². The van der Waals surface area contributed by atoms with E-state index in [-0.39, 0.29) is 0 Å². The normalized spacial score (nSPS) is 10.5. The van der Waals surface area contributed by atoms with Crippen molar-refractivity contribution in [1.82, 2.24) is 4.98 Å². The van der Waals surface area contributed by atoms with E-state index >= 15 is 0 Å². The van der Waals surface area contributed by atoms with Crippen LogP contribution in [0.1, 0.15) is 10.6 Å². The van der Waals surface area contributed by atoms with Crippen LogP contribution in [-0.4, -0.2) is 4.98 Å². The van der Waals surface area contributed by atoms with Gasteiger partial charge in [-0.2, -0.15) is 0 Å². The number of aromatic nitrogens is 1. The van der Waals surface area contributed by atoms with Gasteiger partial charge in [-0.15, -0.1) is 11.3 Å². The standard InChI is InChI=1S/C11H12ClN3OS/c12-9-3-4-11(15-13)14-10(9)7-16-6-8-2-1-5-17-8/h1-5H,6-7,13H2,(H,14,15). The molecular weight excluding hydrogens is 258 g/mol. The number of hydrazine groups is 1. The summed E-state index contributed by atoms with van der Waals surface area (Å²) in [6.45, 7) is 0.933. The van der Waals surface area contributed by atoms with E-state index in [0.29, 0.717) is 29.7 Å². The molecule has 0 saturated heterocycles. The topological polar surface area (TPSA) is 60.2 Å². The highest BCUT2D eigenvalue weighted by Crippen LogP contribution is 2.18. The van der Waals surface area contributed by atoms with Gasteiger partial charge in [0, 0.05) is 4.88 Å². The van der Waals surface area contributed by atoms with Gasteiger partial charge in [0.25, 0.3) is 0 Å². The SMILES string of the molecule is NNc1ccc(Cl)c(COCc2cccs2)n1. The lowest BCUT2D eigenvalue weighted by Crippen LogP contribution is -2.09. The molecule has 0 aliphatic carbocycles. The zero-order valence-corrected chi connectivity index (χ0v) is 10.6. The maximum Gasteiger partial charge on any atom is 0.140 e. The number of nitrogens with zero attached hydrogens (tertiary/aromatic N) is 1. The number of pyridine rings is 1. The highest BCUT2D eigenvalue weighted by molar-refractivity contribution is 7.09. The summed E-state index contributed by atoms with van der Waals surface area (Å²) in [5.74, 6) is 5.85. The monoisotopic (exact) mass is 269 g/mol. The van der Waals surface area contributed by atoms with E-state index < -0.39 is 0 Å². The van der Waals surface area contributed by atoms with E-state index in [2.05, 4.69) is 10.4 Å². The molecule has 2 aromatic heterocycles. The van der Waals surface area contributed by atoms with Crippen LogP contribution in [0.5, 0.6) is 0 Å². The number of nitrogens with one attached hydrogen (secondary N) is 1. The van der Waals surface area contributed by atoms with Gasteiger partial charge >= 0.3 is 0 Å². The minimum Gasteiger partial charge on any atom is -0.370 e. The summed E-state index contributed by atoms with van der Waals surface area (Å²) in [4.78, 5) is 5.40. The molecule has 90 valence electrons. The fourth-order valence-corrected chi connectivity index (χ4v) is 2.11. The number of nitrogen functional groups attached to an aromatic ring is 1. The molecule has 4 nitrogen and oxygen atoms in total. The second-order valence-corrected chi connectivity index (χ2v) is 4.78. The fraction of sp³-hybridized carbons (Fsp3) is 0.182. The summed E-state index contributed by atoms with van der Waals surface area (Å²) in [5.41, 5.74) is 3.15. The van der Waals surface area contributed by atoms with E-state index in [4.69, 9.17) is 22.2 Å². The molecular formula is C11H12ClN3OS. The first kappa shape index (κ1) is 12.3. The molecule has 0 aromatic carbocycles. The van der Waals surface area contributed by atoms with Gasteiger partial charge in [0.05, 0.1) is 23.9 Å². The molecule has 0 fully saturated rings. The highest BCUT2D eigenvalue weighted by Gasteiger charge is 2.04. The van der Waals surface area contributed by atoms with Crippen LogP contribution in [0, 0.1) is 0 Å². The summed E-state index contributed by atoms with van der Waals surface area (Å²) >= 11 is 7.66. The van der Waals surface area contributed by atoms with Crippen molar-refractivity contribution in [3.05, 3.63) is 45.2 Å². The number of anilines is 1. The molecule has 0 aliphatic heterocycles. The van der Waals surface area contributed by atoms with Crippen LogP contribution in [0.2, 0.25) is 5.02 Å². The number of halogens is 1. The number of hydrogen-bond donors (Lipinski definition) is 2. The van der Waals surface area contributed by atoms with Crippen LogP contribution >= 0.6 is 22.9 Å². The van der Waals surface area contributed by atoms with Crippen LogP contribution in [0.3, 0.4) is 0 Å². The fourth-order valence-electron chi connectivity index (χ4n) is 1.31. The predicted octanol–water partition coefficient (Wildman–Crippen LogP) is 2.80. The summed E-state index contributed by atoms with van der Waals surface area (Å²) in [5, 5.41) is 2.60. The third kappa shape index (κ3) is 3.41. The summed E-state index contributed by atoms with van der Waals surface area (Å²) < 4.78 is 5.54. The van der Waals surface area contributed by atoms with Crippen molar-refractivity contribution in [3.8, 4) is 0 Å². The number of nitrogens with two attached hydrogens (primary N) is 1. The second-order valence-electron chi connectivity index (χ2n) is 3.34. The van der Waals surface area contributed by atoms with Crippen molar-refractivity contribution < 1.29 is 4.74 Å². The van der Waals surface area contributed by atoms with Gasteiger partial charge < -0.3 is 10.2 Å². The summed E-state index contributed by atoms with van der Waals surface area (Å²) in [6.07, 6.45) is 0. The van der Waals surface area contributed by atoms with E-state index in [1.165, 1.54) is 4.88 Å². The Kier molecular flexibility index (Phi) is 4.33. The Labute approximate surface area is 108 Å². The zero-order valence-electron chi connectivity index (χ0n) is 9.02. The lowest BCUT2D eigenvalue weighted by Gasteiger charge is -2.06. The first-order chi connectivity index (χ1) is 8.29. The zero-order chi connectivity index (χ0) is 12.1. The number of thiophene rings is 1. The molecule has 0 bridgehead atoms. The van der Waals surface area contributed by atoms with E-state index in [1.54, 1.807) is 23.5 Å². The van der Waals surface area contributed by atoms with E-state index in [1.807, 2.05) is 17.5 Å². The Hall–Kier alpha value is -1.14. The molecule has 6 heteroatoms. The van der Waals surface area contributed by atoms with Gasteiger partial charge in [-0.05, 0) is 23.6 Å². The van der Waals surface area contributed by atoms with Gasteiger partial charge in [0.2, 0.25) is 0 Å². The lowest BCUT2D eigenvalue weighted by molar-refractivity contribution is 0.107. The molecule has 0 atom stereocenters. The largest absolute Gasteiger partial charge is 0.370 e. The van der Waals surface area contributed by atoms with Gasteiger partial charge in [-0.3, -0.25) is 0 Å².